The summed E-state index contributed by atoms with van der Waals surface area (Å²) in [5.74, 6) is -0.247. The standard InChI is InChI=1S/C15H15N5OS/c1-7-6-10(4-5-17-7)18-14(21)13-12(16)11-8(2)9(3)19-20-15(11)22-13/h4-6H,16H2,1-3H3,(H,17,18,21). The highest BCUT2D eigenvalue weighted by molar-refractivity contribution is 7.21. The minimum atomic E-state index is -0.247. The quantitative estimate of drug-likeness (QED) is 0.758. The van der Waals surface area contributed by atoms with E-state index in [-0.39, 0.29) is 5.91 Å². The summed E-state index contributed by atoms with van der Waals surface area (Å²) in [5.41, 5.74) is 9.91. The molecule has 3 heterocycles. The van der Waals surface area contributed by atoms with E-state index in [4.69, 9.17) is 5.73 Å². The first-order valence-electron chi connectivity index (χ1n) is 6.73. The van der Waals surface area contributed by atoms with E-state index in [1.807, 2.05) is 20.8 Å². The van der Waals surface area contributed by atoms with Crippen molar-refractivity contribution < 1.29 is 4.79 Å². The first kappa shape index (κ1) is 14.4. The van der Waals surface area contributed by atoms with Gasteiger partial charge in [0, 0.05) is 23.0 Å². The third-order valence-corrected chi connectivity index (χ3v) is 4.58. The number of hydrogen-bond donors (Lipinski definition) is 2. The molecule has 22 heavy (non-hydrogen) atoms. The van der Waals surface area contributed by atoms with Gasteiger partial charge in [0.25, 0.3) is 5.91 Å². The molecule has 3 aromatic rings. The zero-order chi connectivity index (χ0) is 15.9. The van der Waals surface area contributed by atoms with Crippen molar-refractivity contribution in [2.75, 3.05) is 11.1 Å². The number of rotatable bonds is 2. The van der Waals surface area contributed by atoms with Crippen molar-refractivity contribution in [3.8, 4) is 0 Å². The fourth-order valence-corrected chi connectivity index (χ4v) is 3.22. The number of carbonyl (C=O) groups is 1. The minimum absolute atomic E-state index is 0.247. The smallest absolute Gasteiger partial charge is 0.267 e. The van der Waals surface area contributed by atoms with Crippen LogP contribution in [0.15, 0.2) is 18.3 Å². The number of nitrogens with zero attached hydrogens (tertiary/aromatic N) is 3. The molecule has 0 bridgehead atoms. The number of nitrogens with two attached hydrogens (primary N) is 1. The Bertz CT molecular complexity index is 887. The lowest BCUT2D eigenvalue weighted by Crippen LogP contribution is -2.12. The first-order valence-corrected chi connectivity index (χ1v) is 7.55. The Labute approximate surface area is 131 Å². The molecule has 0 unspecified atom stereocenters. The van der Waals surface area contributed by atoms with E-state index >= 15 is 0 Å². The van der Waals surface area contributed by atoms with E-state index in [9.17, 15) is 4.79 Å². The van der Waals surface area contributed by atoms with Crippen molar-refractivity contribution >= 4 is 38.8 Å². The van der Waals surface area contributed by atoms with E-state index < -0.39 is 0 Å². The number of fused-ring (bicyclic) bond motifs is 1. The minimum Gasteiger partial charge on any atom is -0.397 e. The molecule has 0 saturated carbocycles. The molecule has 112 valence electrons. The summed E-state index contributed by atoms with van der Waals surface area (Å²) in [7, 11) is 0. The van der Waals surface area contributed by atoms with Crippen LogP contribution >= 0.6 is 11.3 Å². The molecule has 0 aliphatic carbocycles. The zero-order valence-corrected chi connectivity index (χ0v) is 13.3. The van der Waals surface area contributed by atoms with Gasteiger partial charge in [0.2, 0.25) is 0 Å². The molecule has 0 fully saturated rings. The molecule has 1 amide bonds. The third-order valence-electron chi connectivity index (χ3n) is 3.50. The summed E-state index contributed by atoms with van der Waals surface area (Å²) in [4.78, 5) is 17.7. The summed E-state index contributed by atoms with van der Waals surface area (Å²) in [6.07, 6.45) is 1.65. The van der Waals surface area contributed by atoms with Crippen LogP contribution in [-0.4, -0.2) is 21.1 Å². The SMILES string of the molecule is Cc1cc(NC(=O)c2sc3nnc(C)c(C)c3c2N)ccn1. The molecule has 0 saturated heterocycles. The van der Waals surface area contributed by atoms with Crippen molar-refractivity contribution in [1.82, 2.24) is 15.2 Å². The van der Waals surface area contributed by atoms with E-state index in [1.165, 1.54) is 11.3 Å². The predicted octanol–water partition coefficient (Wildman–Crippen LogP) is 2.85. The van der Waals surface area contributed by atoms with Gasteiger partial charge in [0.15, 0.2) is 0 Å². The lowest BCUT2D eigenvalue weighted by molar-refractivity contribution is 0.103. The number of anilines is 2. The van der Waals surface area contributed by atoms with Crippen LogP contribution in [0.5, 0.6) is 0 Å². The molecular formula is C15H15N5OS. The molecule has 3 N–H and O–H groups in total. The predicted molar refractivity (Wildman–Crippen MR) is 88.2 cm³/mol. The second-order valence-electron chi connectivity index (χ2n) is 5.08. The Morgan fingerprint density at radius 1 is 1.27 bits per heavy atom. The normalized spacial score (nSPS) is 10.9. The summed E-state index contributed by atoms with van der Waals surface area (Å²) < 4.78 is 0. The molecule has 0 spiro atoms. The van der Waals surface area contributed by atoms with Crippen molar-refractivity contribution in [3.05, 3.63) is 40.2 Å². The lowest BCUT2D eigenvalue weighted by atomic mass is 10.1. The van der Waals surface area contributed by atoms with Crippen LogP contribution in [0.3, 0.4) is 0 Å². The van der Waals surface area contributed by atoms with Crippen molar-refractivity contribution in [2.24, 2.45) is 0 Å². The summed E-state index contributed by atoms with van der Waals surface area (Å²) in [6, 6.07) is 3.54. The van der Waals surface area contributed by atoms with Crippen LogP contribution in [0.25, 0.3) is 10.2 Å². The number of nitrogens with one attached hydrogen (secondary N) is 1. The Hall–Kier alpha value is -2.54. The maximum absolute atomic E-state index is 12.5. The number of hydrogen-bond acceptors (Lipinski definition) is 6. The van der Waals surface area contributed by atoms with Gasteiger partial charge in [-0.3, -0.25) is 9.78 Å². The molecular weight excluding hydrogens is 298 g/mol. The zero-order valence-electron chi connectivity index (χ0n) is 12.5. The number of aryl methyl sites for hydroxylation is 3. The monoisotopic (exact) mass is 313 g/mol. The molecule has 3 rings (SSSR count). The highest BCUT2D eigenvalue weighted by atomic mass is 32.1. The van der Waals surface area contributed by atoms with E-state index in [1.54, 1.807) is 18.3 Å². The second-order valence-corrected chi connectivity index (χ2v) is 6.07. The number of nitrogen functional groups attached to an aromatic ring is 1. The van der Waals surface area contributed by atoms with Gasteiger partial charge in [0.1, 0.15) is 9.71 Å². The lowest BCUT2D eigenvalue weighted by Gasteiger charge is -2.05. The number of aromatic nitrogens is 3. The average molecular weight is 313 g/mol. The highest BCUT2D eigenvalue weighted by Crippen LogP contribution is 2.35. The van der Waals surface area contributed by atoms with Crippen LogP contribution in [0.1, 0.15) is 26.6 Å². The van der Waals surface area contributed by atoms with Gasteiger partial charge in [-0.25, -0.2) is 0 Å². The van der Waals surface area contributed by atoms with Gasteiger partial charge in [-0.2, -0.15) is 5.10 Å². The Morgan fingerprint density at radius 2 is 2.05 bits per heavy atom. The van der Waals surface area contributed by atoms with Crippen molar-refractivity contribution in [2.45, 2.75) is 20.8 Å². The number of amides is 1. The fourth-order valence-electron chi connectivity index (χ4n) is 2.22. The van der Waals surface area contributed by atoms with E-state index in [2.05, 4.69) is 20.5 Å². The molecule has 0 atom stereocenters. The van der Waals surface area contributed by atoms with Crippen LogP contribution in [0.4, 0.5) is 11.4 Å². The fraction of sp³-hybridized carbons (Fsp3) is 0.200. The summed E-state index contributed by atoms with van der Waals surface area (Å²) in [6.45, 7) is 5.67. The first-order chi connectivity index (χ1) is 10.5. The number of carbonyl (C=O) groups excluding carboxylic acids is 1. The van der Waals surface area contributed by atoms with Crippen LogP contribution < -0.4 is 11.1 Å². The number of thiophene rings is 1. The maximum atomic E-state index is 12.5. The highest BCUT2D eigenvalue weighted by Gasteiger charge is 2.20. The molecule has 7 heteroatoms. The average Bonchev–Trinajstić information content (AvgIpc) is 2.81. The van der Waals surface area contributed by atoms with Crippen LogP contribution in [0, 0.1) is 20.8 Å². The van der Waals surface area contributed by atoms with E-state index in [0.29, 0.717) is 21.1 Å². The Kier molecular flexibility index (Phi) is 3.50. The van der Waals surface area contributed by atoms with E-state index in [0.717, 1.165) is 22.3 Å². The van der Waals surface area contributed by atoms with Crippen LogP contribution in [0.2, 0.25) is 0 Å². The molecule has 3 aromatic heterocycles. The summed E-state index contributed by atoms with van der Waals surface area (Å²) >= 11 is 1.25. The van der Waals surface area contributed by atoms with Gasteiger partial charge < -0.3 is 11.1 Å². The summed E-state index contributed by atoms with van der Waals surface area (Å²) in [5, 5.41) is 11.9. The molecule has 0 aliphatic heterocycles. The molecule has 0 aromatic carbocycles. The largest absolute Gasteiger partial charge is 0.397 e. The van der Waals surface area contributed by atoms with Crippen molar-refractivity contribution in [1.29, 1.82) is 0 Å². The Morgan fingerprint density at radius 3 is 2.77 bits per heavy atom. The Balaban J connectivity index is 2.01. The van der Waals surface area contributed by atoms with Gasteiger partial charge >= 0.3 is 0 Å². The van der Waals surface area contributed by atoms with Gasteiger partial charge in [-0.05, 0) is 38.5 Å². The molecule has 0 aliphatic rings. The third kappa shape index (κ3) is 2.39. The topological polar surface area (TPSA) is 93.8 Å². The van der Waals surface area contributed by atoms with Crippen LogP contribution in [-0.2, 0) is 0 Å². The van der Waals surface area contributed by atoms with Gasteiger partial charge in [-0.15, -0.1) is 16.4 Å². The van der Waals surface area contributed by atoms with Gasteiger partial charge in [-0.1, -0.05) is 0 Å². The molecule has 0 radical (unpaired) electrons. The maximum Gasteiger partial charge on any atom is 0.267 e. The number of pyridine rings is 1. The van der Waals surface area contributed by atoms with Gasteiger partial charge in [0.05, 0.1) is 11.4 Å². The van der Waals surface area contributed by atoms with Crippen molar-refractivity contribution in [3.63, 3.8) is 0 Å². The second kappa shape index (κ2) is 5.34. The molecule has 6 nitrogen and oxygen atoms in total.